The number of carbonyl (C=O) groups excluding carboxylic acids is 2. The topological polar surface area (TPSA) is 49.4 Å². The minimum Gasteiger partial charge on any atom is -0.355 e. The zero-order chi connectivity index (χ0) is 19.1. The number of nitrogens with one attached hydrogen (secondary N) is 1. The molecule has 2 aromatic rings. The van der Waals surface area contributed by atoms with E-state index in [1.807, 2.05) is 49.4 Å². The summed E-state index contributed by atoms with van der Waals surface area (Å²) in [6.45, 7) is 3.77. The fourth-order valence-electron chi connectivity index (χ4n) is 3.17. The summed E-state index contributed by atoms with van der Waals surface area (Å²) in [6, 6.07) is 18.5. The quantitative estimate of drug-likeness (QED) is 0.712. The first-order valence-corrected chi connectivity index (χ1v) is 10.5. The standard InChI is InChI=1S/C22H26N2O2S/c1-17-7-9-18(10-8-17)14-24-15-20(13-21(24)25)22(26)23-11-12-27-16-19-5-3-2-4-6-19/h2-10,20H,11-16H2,1H3,(H,23,26)/t20-/m1/s1. The van der Waals surface area contributed by atoms with E-state index in [9.17, 15) is 9.59 Å². The third-order valence-electron chi connectivity index (χ3n) is 4.74. The van der Waals surface area contributed by atoms with Gasteiger partial charge in [0.25, 0.3) is 0 Å². The lowest BCUT2D eigenvalue weighted by Crippen LogP contribution is -2.34. The number of likely N-dealkylation sites (tertiary alicyclic amines) is 1. The van der Waals surface area contributed by atoms with Gasteiger partial charge in [0.15, 0.2) is 0 Å². The molecule has 0 bridgehead atoms. The van der Waals surface area contributed by atoms with Gasteiger partial charge in [-0.1, -0.05) is 60.2 Å². The number of nitrogens with zero attached hydrogens (tertiary/aromatic N) is 1. The van der Waals surface area contributed by atoms with Crippen LogP contribution in [0.5, 0.6) is 0 Å². The largest absolute Gasteiger partial charge is 0.355 e. The lowest BCUT2D eigenvalue weighted by molar-refractivity contribution is -0.129. The molecule has 0 unspecified atom stereocenters. The van der Waals surface area contributed by atoms with Crippen LogP contribution in [0.15, 0.2) is 54.6 Å². The molecular formula is C22H26N2O2S. The Morgan fingerprint density at radius 3 is 2.59 bits per heavy atom. The average Bonchev–Trinajstić information content (AvgIpc) is 3.04. The van der Waals surface area contributed by atoms with Gasteiger partial charge in [-0.15, -0.1) is 0 Å². The summed E-state index contributed by atoms with van der Waals surface area (Å²) < 4.78 is 0. The smallest absolute Gasteiger partial charge is 0.225 e. The van der Waals surface area contributed by atoms with Gasteiger partial charge in [-0.3, -0.25) is 9.59 Å². The second-order valence-corrected chi connectivity index (χ2v) is 8.10. The zero-order valence-electron chi connectivity index (χ0n) is 15.7. The molecule has 1 N–H and O–H groups in total. The molecule has 0 aliphatic carbocycles. The van der Waals surface area contributed by atoms with Gasteiger partial charge in [-0.2, -0.15) is 11.8 Å². The molecule has 2 aromatic carbocycles. The van der Waals surface area contributed by atoms with Gasteiger partial charge in [-0.05, 0) is 18.1 Å². The molecule has 0 aromatic heterocycles. The molecule has 1 aliphatic heterocycles. The lowest BCUT2D eigenvalue weighted by atomic mass is 10.1. The van der Waals surface area contributed by atoms with Gasteiger partial charge >= 0.3 is 0 Å². The van der Waals surface area contributed by atoms with E-state index in [0.29, 0.717) is 26.1 Å². The van der Waals surface area contributed by atoms with Crippen LogP contribution in [0, 0.1) is 12.8 Å². The number of hydrogen-bond donors (Lipinski definition) is 1. The third kappa shape index (κ3) is 5.86. The number of carbonyl (C=O) groups is 2. The number of rotatable bonds is 8. The number of hydrogen-bond acceptors (Lipinski definition) is 3. The van der Waals surface area contributed by atoms with Crippen LogP contribution in [0.3, 0.4) is 0 Å². The van der Waals surface area contributed by atoms with Crippen LogP contribution in [0.25, 0.3) is 0 Å². The first-order valence-electron chi connectivity index (χ1n) is 9.34. The second kappa shape index (κ2) is 9.60. The van der Waals surface area contributed by atoms with Crippen LogP contribution >= 0.6 is 11.8 Å². The number of amides is 2. The van der Waals surface area contributed by atoms with Gasteiger partial charge in [0.05, 0.1) is 5.92 Å². The number of benzene rings is 2. The summed E-state index contributed by atoms with van der Waals surface area (Å²) in [5.41, 5.74) is 3.60. The first-order chi connectivity index (χ1) is 13.1. The van der Waals surface area contributed by atoms with Gasteiger partial charge in [-0.25, -0.2) is 0 Å². The van der Waals surface area contributed by atoms with E-state index < -0.39 is 0 Å². The molecule has 5 heteroatoms. The predicted molar refractivity (Wildman–Crippen MR) is 110 cm³/mol. The van der Waals surface area contributed by atoms with Crippen LogP contribution < -0.4 is 5.32 Å². The summed E-state index contributed by atoms with van der Waals surface area (Å²) in [7, 11) is 0. The van der Waals surface area contributed by atoms with Crippen molar-refractivity contribution in [3.63, 3.8) is 0 Å². The Morgan fingerprint density at radius 2 is 1.85 bits per heavy atom. The van der Waals surface area contributed by atoms with E-state index in [1.54, 1.807) is 16.7 Å². The molecule has 0 radical (unpaired) electrons. The summed E-state index contributed by atoms with van der Waals surface area (Å²) >= 11 is 1.80. The molecule has 0 spiro atoms. The van der Waals surface area contributed by atoms with Crippen molar-refractivity contribution in [3.8, 4) is 0 Å². The fraction of sp³-hybridized carbons (Fsp3) is 0.364. The Labute approximate surface area is 165 Å². The van der Waals surface area contributed by atoms with Crippen molar-refractivity contribution in [2.45, 2.75) is 25.6 Å². The Hall–Kier alpha value is -2.27. The molecule has 3 rings (SSSR count). The summed E-state index contributed by atoms with van der Waals surface area (Å²) in [4.78, 5) is 26.4. The maximum atomic E-state index is 12.4. The molecule has 1 atom stereocenters. The summed E-state index contributed by atoms with van der Waals surface area (Å²) in [5.74, 6) is 1.64. The molecule has 1 fully saturated rings. The van der Waals surface area contributed by atoms with E-state index in [0.717, 1.165) is 17.1 Å². The molecule has 0 saturated carbocycles. The highest BCUT2D eigenvalue weighted by Gasteiger charge is 2.33. The average molecular weight is 383 g/mol. The Bertz CT molecular complexity index is 762. The molecule has 1 heterocycles. The lowest BCUT2D eigenvalue weighted by Gasteiger charge is -2.17. The van der Waals surface area contributed by atoms with Crippen LogP contribution in [0.4, 0.5) is 0 Å². The Kier molecular flexibility index (Phi) is 6.93. The van der Waals surface area contributed by atoms with E-state index in [2.05, 4.69) is 17.4 Å². The van der Waals surface area contributed by atoms with E-state index in [1.165, 1.54) is 11.1 Å². The van der Waals surface area contributed by atoms with Crippen LogP contribution in [-0.2, 0) is 21.9 Å². The third-order valence-corrected chi connectivity index (χ3v) is 5.77. The fourth-order valence-corrected chi connectivity index (χ4v) is 3.99. The van der Waals surface area contributed by atoms with Crippen LogP contribution in [0.1, 0.15) is 23.1 Å². The highest BCUT2D eigenvalue weighted by atomic mass is 32.2. The molecular weight excluding hydrogens is 356 g/mol. The highest BCUT2D eigenvalue weighted by Crippen LogP contribution is 2.20. The minimum atomic E-state index is -0.234. The maximum absolute atomic E-state index is 12.4. The molecule has 27 heavy (non-hydrogen) atoms. The number of thioether (sulfide) groups is 1. The first kappa shape index (κ1) is 19.5. The summed E-state index contributed by atoms with van der Waals surface area (Å²) in [5, 5.41) is 2.98. The van der Waals surface area contributed by atoms with Gasteiger partial charge in [0, 0.05) is 37.6 Å². The SMILES string of the molecule is Cc1ccc(CN2C[C@H](C(=O)NCCSCc3ccccc3)CC2=O)cc1. The molecule has 142 valence electrons. The van der Waals surface area contributed by atoms with Gasteiger partial charge in [0.2, 0.25) is 11.8 Å². The second-order valence-electron chi connectivity index (χ2n) is 6.99. The van der Waals surface area contributed by atoms with E-state index in [4.69, 9.17) is 0 Å². The summed E-state index contributed by atoms with van der Waals surface area (Å²) in [6.07, 6.45) is 0.314. The zero-order valence-corrected chi connectivity index (χ0v) is 16.5. The normalized spacial score (nSPS) is 16.6. The Balaban J connectivity index is 1.37. The predicted octanol–water partition coefficient (Wildman–Crippen LogP) is 3.39. The minimum absolute atomic E-state index is 0.00457. The van der Waals surface area contributed by atoms with Crippen molar-refractivity contribution in [1.29, 1.82) is 0 Å². The van der Waals surface area contributed by atoms with Gasteiger partial charge in [0.1, 0.15) is 0 Å². The van der Waals surface area contributed by atoms with E-state index in [-0.39, 0.29) is 17.7 Å². The maximum Gasteiger partial charge on any atom is 0.225 e. The number of aryl methyl sites for hydroxylation is 1. The molecule has 1 aliphatic rings. The van der Waals surface area contributed by atoms with Crippen LogP contribution in [-0.4, -0.2) is 35.6 Å². The Morgan fingerprint density at radius 1 is 1.11 bits per heavy atom. The molecule has 1 saturated heterocycles. The van der Waals surface area contributed by atoms with Crippen molar-refractivity contribution in [2.75, 3.05) is 18.8 Å². The van der Waals surface area contributed by atoms with Gasteiger partial charge < -0.3 is 10.2 Å². The van der Waals surface area contributed by atoms with Crippen molar-refractivity contribution in [1.82, 2.24) is 10.2 Å². The van der Waals surface area contributed by atoms with E-state index >= 15 is 0 Å². The van der Waals surface area contributed by atoms with Crippen molar-refractivity contribution < 1.29 is 9.59 Å². The molecule has 4 nitrogen and oxygen atoms in total. The van der Waals surface area contributed by atoms with Crippen molar-refractivity contribution in [2.24, 2.45) is 5.92 Å². The monoisotopic (exact) mass is 382 g/mol. The molecule has 2 amide bonds. The van der Waals surface area contributed by atoms with Crippen LogP contribution in [0.2, 0.25) is 0 Å². The highest BCUT2D eigenvalue weighted by molar-refractivity contribution is 7.98. The van der Waals surface area contributed by atoms with Crippen molar-refractivity contribution >= 4 is 23.6 Å². The van der Waals surface area contributed by atoms with Crippen molar-refractivity contribution in [3.05, 3.63) is 71.3 Å².